The first-order valence-corrected chi connectivity index (χ1v) is 5.23. The number of urea groups is 1. The van der Waals surface area contributed by atoms with Crippen LogP contribution in [0.3, 0.4) is 0 Å². The largest absolute Gasteiger partial charge is 0.480 e. The van der Waals surface area contributed by atoms with Crippen molar-refractivity contribution in [2.45, 2.75) is 31.8 Å². The molecular formula is C10H20N2O5. The highest BCUT2D eigenvalue weighted by molar-refractivity contribution is 5.82. The third-order valence-electron chi connectivity index (χ3n) is 1.98. The summed E-state index contributed by atoms with van der Waals surface area (Å²) in [6.07, 6.45) is -0.0343. The number of carbonyl (C=O) groups is 2. The summed E-state index contributed by atoms with van der Waals surface area (Å²) in [7, 11) is 1.51. The monoisotopic (exact) mass is 248 g/mol. The molecule has 0 fully saturated rings. The second kappa shape index (κ2) is 7.08. The standard InChI is InChI=1S/C10H20N2O5/c1-10(2,6-17-3)12-9(16)11-7(4-5-13)8(14)15/h7,13H,4-6H2,1-3H3,(H,14,15)(H2,11,12,16)/t7-/m1/s1. The number of hydrogen-bond donors (Lipinski definition) is 4. The van der Waals surface area contributed by atoms with Crippen molar-refractivity contribution < 1.29 is 24.5 Å². The second-order valence-electron chi connectivity index (χ2n) is 4.32. The molecule has 7 nitrogen and oxygen atoms in total. The maximum atomic E-state index is 11.5. The number of aliphatic carboxylic acids is 1. The lowest BCUT2D eigenvalue weighted by Gasteiger charge is -2.26. The summed E-state index contributed by atoms with van der Waals surface area (Å²) >= 11 is 0. The fraction of sp³-hybridized carbons (Fsp3) is 0.800. The third kappa shape index (κ3) is 6.75. The Labute approximate surface area is 100 Å². The normalized spacial score (nSPS) is 12.9. The van der Waals surface area contributed by atoms with Gasteiger partial charge in [0.05, 0.1) is 12.1 Å². The number of nitrogens with one attached hydrogen (secondary N) is 2. The van der Waals surface area contributed by atoms with Gasteiger partial charge in [-0.15, -0.1) is 0 Å². The molecule has 0 aromatic heterocycles. The van der Waals surface area contributed by atoms with Crippen molar-refractivity contribution in [2.75, 3.05) is 20.3 Å². The molecule has 4 N–H and O–H groups in total. The second-order valence-corrected chi connectivity index (χ2v) is 4.32. The van der Waals surface area contributed by atoms with Crippen LogP contribution in [0, 0.1) is 0 Å². The highest BCUT2D eigenvalue weighted by Crippen LogP contribution is 2.02. The number of rotatable bonds is 7. The van der Waals surface area contributed by atoms with Gasteiger partial charge in [0.2, 0.25) is 0 Å². The van der Waals surface area contributed by atoms with Gasteiger partial charge in [-0.1, -0.05) is 0 Å². The number of aliphatic hydroxyl groups is 1. The number of amides is 2. The van der Waals surface area contributed by atoms with E-state index in [9.17, 15) is 9.59 Å². The van der Waals surface area contributed by atoms with Crippen molar-refractivity contribution in [1.82, 2.24) is 10.6 Å². The first-order chi connectivity index (χ1) is 7.82. The van der Waals surface area contributed by atoms with E-state index in [1.165, 1.54) is 7.11 Å². The van der Waals surface area contributed by atoms with Crippen LogP contribution in [0.4, 0.5) is 4.79 Å². The van der Waals surface area contributed by atoms with E-state index in [1.54, 1.807) is 13.8 Å². The Hall–Kier alpha value is -1.34. The average Bonchev–Trinajstić information content (AvgIpc) is 2.15. The van der Waals surface area contributed by atoms with Crippen molar-refractivity contribution in [3.05, 3.63) is 0 Å². The van der Waals surface area contributed by atoms with E-state index >= 15 is 0 Å². The lowest BCUT2D eigenvalue weighted by molar-refractivity contribution is -0.139. The van der Waals surface area contributed by atoms with Gasteiger partial charge in [-0.05, 0) is 13.8 Å². The zero-order valence-corrected chi connectivity index (χ0v) is 10.3. The molecule has 7 heteroatoms. The molecule has 0 saturated heterocycles. The van der Waals surface area contributed by atoms with Gasteiger partial charge in [0, 0.05) is 20.1 Å². The molecule has 100 valence electrons. The van der Waals surface area contributed by atoms with Gasteiger partial charge in [-0.2, -0.15) is 0 Å². The molecule has 1 atom stereocenters. The van der Waals surface area contributed by atoms with Crippen LogP contribution in [0.1, 0.15) is 20.3 Å². The molecule has 0 aliphatic rings. The molecule has 0 radical (unpaired) electrons. The lowest BCUT2D eigenvalue weighted by Crippen LogP contribution is -2.54. The van der Waals surface area contributed by atoms with Gasteiger partial charge in [0.1, 0.15) is 6.04 Å². The number of carbonyl (C=O) groups excluding carboxylic acids is 1. The summed E-state index contributed by atoms with van der Waals surface area (Å²) in [5.74, 6) is -1.18. The van der Waals surface area contributed by atoms with Crippen LogP contribution < -0.4 is 10.6 Å². The van der Waals surface area contributed by atoms with Gasteiger partial charge < -0.3 is 25.6 Å². The molecule has 0 spiro atoms. The maximum absolute atomic E-state index is 11.5. The minimum Gasteiger partial charge on any atom is -0.480 e. The Bertz CT molecular complexity index is 267. The van der Waals surface area contributed by atoms with E-state index in [2.05, 4.69) is 10.6 Å². The molecule has 0 rings (SSSR count). The number of ether oxygens (including phenoxy) is 1. The molecule has 0 unspecified atom stereocenters. The zero-order chi connectivity index (χ0) is 13.5. The van der Waals surface area contributed by atoms with Crippen LogP contribution in [-0.2, 0) is 9.53 Å². The zero-order valence-electron chi connectivity index (χ0n) is 10.3. The number of carboxylic acid groups (broad SMARTS) is 1. The van der Waals surface area contributed by atoms with E-state index in [4.69, 9.17) is 14.9 Å². The molecule has 0 bridgehead atoms. The third-order valence-corrected chi connectivity index (χ3v) is 1.98. The maximum Gasteiger partial charge on any atom is 0.326 e. The predicted molar refractivity (Wildman–Crippen MR) is 60.7 cm³/mol. The summed E-state index contributed by atoms with van der Waals surface area (Å²) in [5, 5.41) is 22.3. The van der Waals surface area contributed by atoms with Gasteiger partial charge in [-0.3, -0.25) is 0 Å². The molecule has 0 aliphatic carbocycles. The van der Waals surface area contributed by atoms with Crippen LogP contribution >= 0.6 is 0 Å². The van der Waals surface area contributed by atoms with Crippen LogP contribution in [0.2, 0.25) is 0 Å². The number of methoxy groups -OCH3 is 1. The van der Waals surface area contributed by atoms with Crippen LogP contribution in [0.5, 0.6) is 0 Å². The van der Waals surface area contributed by atoms with E-state index in [1.807, 2.05) is 0 Å². The van der Waals surface area contributed by atoms with Gasteiger partial charge >= 0.3 is 12.0 Å². The van der Waals surface area contributed by atoms with Gasteiger partial charge in [-0.25, -0.2) is 9.59 Å². The summed E-state index contributed by atoms with van der Waals surface area (Å²) in [6.45, 7) is 3.49. The topological polar surface area (TPSA) is 108 Å². The highest BCUT2D eigenvalue weighted by Gasteiger charge is 2.24. The van der Waals surface area contributed by atoms with Crippen molar-refractivity contribution in [3.8, 4) is 0 Å². The molecule has 0 aromatic rings. The summed E-state index contributed by atoms with van der Waals surface area (Å²) < 4.78 is 4.91. The lowest BCUT2D eigenvalue weighted by atomic mass is 10.1. The SMILES string of the molecule is COCC(C)(C)NC(=O)N[C@H](CCO)C(=O)O. The van der Waals surface area contributed by atoms with Crippen molar-refractivity contribution in [1.29, 1.82) is 0 Å². The molecule has 0 saturated carbocycles. The molecule has 17 heavy (non-hydrogen) atoms. The van der Waals surface area contributed by atoms with Crippen molar-refractivity contribution in [2.24, 2.45) is 0 Å². The minimum absolute atomic E-state index is 0.0343. The Morgan fingerprint density at radius 3 is 2.41 bits per heavy atom. The van der Waals surface area contributed by atoms with E-state index in [-0.39, 0.29) is 13.0 Å². The molecule has 0 heterocycles. The van der Waals surface area contributed by atoms with E-state index in [0.717, 1.165) is 0 Å². The summed E-state index contributed by atoms with van der Waals surface area (Å²) in [6, 6.07) is -1.70. The van der Waals surface area contributed by atoms with Crippen LogP contribution in [0.25, 0.3) is 0 Å². The van der Waals surface area contributed by atoms with Crippen molar-refractivity contribution in [3.63, 3.8) is 0 Å². The minimum atomic E-state index is -1.18. The molecule has 0 aromatic carbocycles. The highest BCUT2D eigenvalue weighted by atomic mass is 16.5. The van der Waals surface area contributed by atoms with Crippen LogP contribution in [0.15, 0.2) is 0 Å². The molecule has 0 aliphatic heterocycles. The molecule has 2 amide bonds. The Balaban J connectivity index is 4.27. The van der Waals surface area contributed by atoms with Crippen molar-refractivity contribution >= 4 is 12.0 Å². The quantitative estimate of drug-likeness (QED) is 0.488. The average molecular weight is 248 g/mol. The summed E-state index contributed by atoms with van der Waals surface area (Å²) in [4.78, 5) is 22.2. The number of aliphatic hydroxyl groups excluding tert-OH is 1. The summed E-state index contributed by atoms with van der Waals surface area (Å²) in [5.41, 5.74) is -0.596. The fourth-order valence-corrected chi connectivity index (χ4v) is 1.29. The Morgan fingerprint density at radius 2 is 2.00 bits per heavy atom. The first kappa shape index (κ1) is 15.7. The molecular weight excluding hydrogens is 228 g/mol. The Morgan fingerprint density at radius 1 is 1.41 bits per heavy atom. The van der Waals surface area contributed by atoms with Crippen LogP contribution in [-0.4, -0.2) is 54.1 Å². The van der Waals surface area contributed by atoms with Gasteiger partial charge in [0.15, 0.2) is 0 Å². The van der Waals surface area contributed by atoms with Gasteiger partial charge in [0.25, 0.3) is 0 Å². The smallest absolute Gasteiger partial charge is 0.326 e. The predicted octanol–water partition coefficient (Wildman–Crippen LogP) is -0.454. The number of hydrogen-bond acceptors (Lipinski definition) is 4. The Kier molecular flexibility index (Phi) is 6.52. The fourth-order valence-electron chi connectivity index (χ4n) is 1.29. The van der Waals surface area contributed by atoms with E-state index in [0.29, 0.717) is 6.61 Å². The first-order valence-electron chi connectivity index (χ1n) is 5.23. The number of carboxylic acids is 1. The van der Waals surface area contributed by atoms with E-state index < -0.39 is 23.6 Å².